The van der Waals surface area contributed by atoms with E-state index >= 15 is 0 Å². The lowest BCUT2D eigenvalue weighted by molar-refractivity contribution is 0.208. The average Bonchev–Trinajstić information content (AvgIpc) is 2.63. The van der Waals surface area contributed by atoms with Gasteiger partial charge in [0.1, 0.15) is 17.7 Å². The van der Waals surface area contributed by atoms with E-state index in [1.165, 1.54) is 0 Å². The highest BCUT2D eigenvalue weighted by molar-refractivity contribution is 6.02. The number of nitrogen functional groups attached to an aromatic ring is 2. The molecule has 5 nitrogen and oxygen atoms in total. The van der Waals surface area contributed by atoms with E-state index in [9.17, 15) is 0 Å². The van der Waals surface area contributed by atoms with Crippen LogP contribution in [0.2, 0.25) is 0 Å². The lowest BCUT2D eigenvalue weighted by Crippen LogP contribution is -2.23. The molecule has 0 saturated carbocycles. The van der Waals surface area contributed by atoms with Gasteiger partial charge >= 0.3 is 0 Å². The molecular weight excluding hydrogens is 216 g/mol. The maximum absolute atomic E-state index is 7.54. The van der Waals surface area contributed by atoms with Crippen molar-refractivity contribution in [3.05, 3.63) is 23.8 Å². The molecule has 1 heterocycles. The monoisotopic (exact) mass is 234 g/mol. The molecule has 17 heavy (non-hydrogen) atoms. The summed E-state index contributed by atoms with van der Waals surface area (Å²) in [7, 11) is 2.06. The summed E-state index contributed by atoms with van der Waals surface area (Å²) in [5, 5.41) is 7.54. The first kappa shape index (κ1) is 11.7. The number of anilines is 1. The standard InChI is InChI=1S/C12H18N4O/c1-16-6-5-8(7-16)17-10-4-2-3-9(13)11(10)12(14)15/h2-4,8H,5-7,13H2,1H3,(H3,14,15). The number of ether oxygens (including phenoxy) is 1. The molecule has 1 aromatic rings. The minimum Gasteiger partial charge on any atom is -0.488 e. The molecule has 0 spiro atoms. The van der Waals surface area contributed by atoms with Crippen LogP contribution in [-0.2, 0) is 0 Å². The van der Waals surface area contributed by atoms with Crippen LogP contribution in [-0.4, -0.2) is 37.0 Å². The van der Waals surface area contributed by atoms with Crippen molar-refractivity contribution in [3.8, 4) is 5.75 Å². The van der Waals surface area contributed by atoms with Crippen LogP contribution in [0.4, 0.5) is 5.69 Å². The zero-order valence-corrected chi connectivity index (χ0v) is 9.94. The molecule has 5 heteroatoms. The summed E-state index contributed by atoms with van der Waals surface area (Å²) in [6, 6.07) is 5.35. The molecule has 5 N–H and O–H groups in total. The molecule has 1 aromatic carbocycles. The second-order valence-electron chi connectivity index (χ2n) is 4.42. The Morgan fingerprint density at radius 2 is 2.29 bits per heavy atom. The van der Waals surface area contributed by atoms with Crippen LogP contribution in [0, 0.1) is 5.41 Å². The molecule has 1 saturated heterocycles. The summed E-state index contributed by atoms with van der Waals surface area (Å²) in [6.07, 6.45) is 1.14. The molecule has 0 radical (unpaired) electrons. The third-order valence-corrected chi connectivity index (χ3v) is 2.97. The summed E-state index contributed by atoms with van der Waals surface area (Å²) in [5.74, 6) is 0.558. The molecule has 1 fully saturated rings. The average molecular weight is 234 g/mol. The van der Waals surface area contributed by atoms with Gasteiger partial charge in [-0.1, -0.05) is 6.07 Å². The van der Waals surface area contributed by atoms with Gasteiger partial charge in [0.05, 0.1) is 5.56 Å². The van der Waals surface area contributed by atoms with Gasteiger partial charge in [-0.2, -0.15) is 0 Å². The van der Waals surface area contributed by atoms with E-state index in [1.807, 2.05) is 12.1 Å². The molecule has 0 amide bonds. The number of nitrogens with one attached hydrogen (secondary N) is 1. The molecule has 2 rings (SSSR count). The zero-order valence-electron chi connectivity index (χ0n) is 9.94. The van der Waals surface area contributed by atoms with Crippen molar-refractivity contribution < 1.29 is 4.74 Å². The summed E-state index contributed by atoms with van der Waals surface area (Å²) >= 11 is 0. The first-order valence-corrected chi connectivity index (χ1v) is 5.66. The van der Waals surface area contributed by atoms with Crippen LogP contribution >= 0.6 is 0 Å². The molecular formula is C12H18N4O. The van der Waals surface area contributed by atoms with E-state index in [0.717, 1.165) is 19.5 Å². The number of nitrogens with two attached hydrogens (primary N) is 2. The van der Waals surface area contributed by atoms with Crippen LogP contribution in [0.25, 0.3) is 0 Å². The number of rotatable bonds is 3. The number of benzene rings is 1. The Balaban J connectivity index is 2.20. The Labute approximate surface area is 101 Å². The van der Waals surface area contributed by atoms with Crippen molar-refractivity contribution in [2.24, 2.45) is 5.73 Å². The third-order valence-electron chi connectivity index (χ3n) is 2.97. The number of amidine groups is 1. The normalized spacial score (nSPS) is 20.4. The lowest BCUT2D eigenvalue weighted by atomic mass is 10.1. The number of nitrogens with zero attached hydrogens (tertiary/aromatic N) is 1. The van der Waals surface area contributed by atoms with Crippen molar-refractivity contribution in [1.82, 2.24) is 4.90 Å². The molecule has 0 bridgehead atoms. The molecule has 1 aliphatic heterocycles. The van der Waals surface area contributed by atoms with Gasteiger partial charge in [0.25, 0.3) is 0 Å². The summed E-state index contributed by atoms with van der Waals surface area (Å²) in [6.45, 7) is 1.93. The van der Waals surface area contributed by atoms with E-state index in [0.29, 0.717) is 17.0 Å². The fourth-order valence-corrected chi connectivity index (χ4v) is 2.10. The second kappa shape index (κ2) is 4.63. The Bertz CT molecular complexity index is 433. The highest BCUT2D eigenvalue weighted by atomic mass is 16.5. The van der Waals surface area contributed by atoms with Crippen LogP contribution in [0.15, 0.2) is 18.2 Å². The molecule has 1 atom stereocenters. The van der Waals surface area contributed by atoms with Gasteiger partial charge in [0.15, 0.2) is 0 Å². The third kappa shape index (κ3) is 2.50. The summed E-state index contributed by atoms with van der Waals surface area (Å²) < 4.78 is 5.88. The van der Waals surface area contributed by atoms with Gasteiger partial charge in [0, 0.05) is 18.8 Å². The maximum atomic E-state index is 7.54. The van der Waals surface area contributed by atoms with Gasteiger partial charge < -0.3 is 21.1 Å². The van der Waals surface area contributed by atoms with E-state index in [2.05, 4.69) is 11.9 Å². The predicted octanol–water partition coefficient (Wildman–Crippen LogP) is 0.636. The molecule has 1 unspecified atom stereocenters. The predicted molar refractivity (Wildman–Crippen MR) is 68.4 cm³/mol. The van der Waals surface area contributed by atoms with Crippen molar-refractivity contribution in [3.63, 3.8) is 0 Å². The summed E-state index contributed by atoms with van der Waals surface area (Å²) in [4.78, 5) is 2.21. The number of likely N-dealkylation sites (tertiary alicyclic amines) is 1. The van der Waals surface area contributed by atoms with Gasteiger partial charge in [-0.25, -0.2) is 0 Å². The first-order chi connectivity index (χ1) is 8.08. The van der Waals surface area contributed by atoms with Crippen LogP contribution in [0.1, 0.15) is 12.0 Å². The largest absolute Gasteiger partial charge is 0.488 e. The van der Waals surface area contributed by atoms with E-state index < -0.39 is 0 Å². The van der Waals surface area contributed by atoms with Crippen molar-refractivity contribution in [2.45, 2.75) is 12.5 Å². The minimum absolute atomic E-state index is 0.0514. The van der Waals surface area contributed by atoms with Crippen LogP contribution < -0.4 is 16.2 Å². The van der Waals surface area contributed by atoms with Crippen molar-refractivity contribution in [2.75, 3.05) is 25.9 Å². The molecule has 0 aromatic heterocycles. The van der Waals surface area contributed by atoms with Gasteiger partial charge in [-0.3, -0.25) is 5.41 Å². The highest BCUT2D eigenvalue weighted by Gasteiger charge is 2.22. The van der Waals surface area contributed by atoms with E-state index in [-0.39, 0.29) is 11.9 Å². The quantitative estimate of drug-likeness (QED) is 0.407. The van der Waals surface area contributed by atoms with E-state index in [1.54, 1.807) is 6.07 Å². The molecule has 1 aliphatic rings. The molecule has 92 valence electrons. The molecule has 0 aliphatic carbocycles. The van der Waals surface area contributed by atoms with Crippen LogP contribution in [0.5, 0.6) is 5.75 Å². The smallest absolute Gasteiger partial charge is 0.132 e. The zero-order chi connectivity index (χ0) is 12.4. The lowest BCUT2D eigenvalue weighted by Gasteiger charge is -2.17. The second-order valence-corrected chi connectivity index (χ2v) is 4.42. The number of hydrogen-bond donors (Lipinski definition) is 3. The number of likely N-dealkylation sites (N-methyl/N-ethyl adjacent to an activating group) is 1. The van der Waals surface area contributed by atoms with Gasteiger partial charge in [-0.05, 0) is 25.6 Å². The maximum Gasteiger partial charge on any atom is 0.132 e. The first-order valence-electron chi connectivity index (χ1n) is 5.66. The minimum atomic E-state index is -0.0514. The highest BCUT2D eigenvalue weighted by Crippen LogP contribution is 2.26. The van der Waals surface area contributed by atoms with Crippen molar-refractivity contribution in [1.29, 1.82) is 5.41 Å². The van der Waals surface area contributed by atoms with Crippen molar-refractivity contribution >= 4 is 11.5 Å². The fourth-order valence-electron chi connectivity index (χ4n) is 2.10. The topological polar surface area (TPSA) is 88.4 Å². The Morgan fingerprint density at radius 3 is 2.88 bits per heavy atom. The fraction of sp³-hybridized carbons (Fsp3) is 0.417. The van der Waals surface area contributed by atoms with Gasteiger partial charge in [-0.15, -0.1) is 0 Å². The van der Waals surface area contributed by atoms with Gasteiger partial charge in [0.2, 0.25) is 0 Å². The van der Waals surface area contributed by atoms with E-state index in [4.69, 9.17) is 21.6 Å². The Kier molecular flexibility index (Phi) is 3.19. The Hall–Kier alpha value is -1.75. The SMILES string of the molecule is CN1CCC(Oc2cccc(N)c2C(=N)N)C1. The number of hydrogen-bond acceptors (Lipinski definition) is 4. The summed E-state index contributed by atoms with van der Waals surface area (Å²) in [5.41, 5.74) is 12.3. The Morgan fingerprint density at radius 1 is 1.53 bits per heavy atom. The van der Waals surface area contributed by atoms with Crippen LogP contribution in [0.3, 0.4) is 0 Å².